The minimum absolute atomic E-state index is 0.00301. The molecule has 0 spiro atoms. The summed E-state index contributed by atoms with van der Waals surface area (Å²) in [5, 5.41) is 19.5. The largest absolute Gasteiger partial charge is 0.427 e. The number of ether oxygens (including phenoxy) is 1. The van der Waals surface area contributed by atoms with Gasteiger partial charge in [-0.15, -0.1) is 0 Å². The Morgan fingerprint density at radius 2 is 2.11 bits per heavy atom. The molecule has 1 aromatic rings. The number of hydrogen-bond acceptors (Lipinski definition) is 5. The lowest BCUT2D eigenvalue weighted by molar-refractivity contribution is -0.131. The van der Waals surface area contributed by atoms with E-state index in [0.717, 1.165) is 12.3 Å². The van der Waals surface area contributed by atoms with Crippen LogP contribution in [0.5, 0.6) is 5.75 Å². The molecule has 1 aromatic carbocycles. The Kier molecular flexibility index (Phi) is 4.42. The highest BCUT2D eigenvalue weighted by molar-refractivity contribution is 5.70. The molecule has 0 unspecified atom stereocenters. The topological polar surface area (TPSA) is 85.9 Å². The van der Waals surface area contributed by atoms with Crippen LogP contribution in [-0.4, -0.2) is 5.97 Å². The molecule has 18 heavy (non-hydrogen) atoms. The number of rotatable bonds is 3. The van der Waals surface area contributed by atoms with Crippen LogP contribution in [0.4, 0.5) is 10.1 Å². The summed E-state index contributed by atoms with van der Waals surface area (Å²) < 4.78 is 18.1. The Morgan fingerprint density at radius 1 is 1.44 bits per heavy atom. The van der Waals surface area contributed by atoms with Crippen LogP contribution >= 0.6 is 0 Å². The molecule has 0 aliphatic carbocycles. The van der Waals surface area contributed by atoms with Gasteiger partial charge in [-0.1, -0.05) is 0 Å². The first kappa shape index (κ1) is 13.2. The van der Waals surface area contributed by atoms with Gasteiger partial charge < -0.3 is 10.1 Å². The molecule has 0 saturated heterocycles. The number of anilines is 1. The number of nitriles is 2. The number of hydrogen-bond donors (Lipinski definition) is 1. The molecule has 0 aliphatic heterocycles. The molecule has 0 bridgehead atoms. The standard InChI is InChI=1S/C12H8FN3O2/c1-8(17)18-10-2-3-11(13)12(4-10)16-7-9(5-14)6-15/h2-4,7,16H,1H3. The molecule has 0 atom stereocenters. The predicted octanol–water partition coefficient (Wildman–Crippen LogP) is 2.09. The maximum atomic E-state index is 13.4. The molecule has 0 aliphatic rings. The second-order valence-electron chi connectivity index (χ2n) is 3.16. The van der Waals surface area contributed by atoms with Crippen LogP contribution in [0.25, 0.3) is 0 Å². The lowest BCUT2D eigenvalue weighted by Gasteiger charge is -2.06. The molecule has 5 nitrogen and oxygen atoms in total. The van der Waals surface area contributed by atoms with E-state index >= 15 is 0 Å². The number of benzene rings is 1. The van der Waals surface area contributed by atoms with Crippen molar-refractivity contribution in [1.29, 1.82) is 10.5 Å². The smallest absolute Gasteiger partial charge is 0.308 e. The Balaban J connectivity index is 2.96. The number of nitrogens with one attached hydrogen (secondary N) is 1. The summed E-state index contributed by atoms with van der Waals surface area (Å²) in [6.45, 7) is 1.22. The van der Waals surface area contributed by atoms with Gasteiger partial charge in [-0.3, -0.25) is 4.79 Å². The van der Waals surface area contributed by atoms with Gasteiger partial charge in [0.15, 0.2) is 0 Å². The lowest BCUT2D eigenvalue weighted by atomic mass is 10.2. The molecule has 0 amide bonds. The van der Waals surface area contributed by atoms with E-state index in [2.05, 4.69) is 5.32 Å². The Bertz CT molecular complexity index is 566. The average Bonchev–Trinajstić information content (AvgIpc) is 2.33. The fourth-order valence-corrected chi connectivity index (χ4v) is 1.08. The summed E-state index contributed by atoms with van der Waals surface area (Å²) >= 11 is 0. The van der Waals surface area contributed by atoms with E-state index in [1.807, 2.05) is 0 Å². The zero-order valence-corrected chi connectivity index (χ0v) is 9.40. The monoisotopic (exact) mass is 245 g/mol. The van der Waals surface area contributed by atoms with Crippen LogP contribution in [0.3, 0.4) is 0 Å². The van der Waals surface area contributed by atoms with E-state index in [9.17, 15) is 9.18 Å². The maximum Gasteiger partial charge on any atom is 0.308 e. The minimum Gasteiger partial charge on any atom is -0.427 e. The number of carbonyl (C=O) groups excluding carboxylic acids is 1. The zero-order chi connectivity index (χ0) is 13.5. The maximum absolute atomic E-state index is 13.4. The summed E-state index contributed by atoms with van der Waals surface area (Å²) in [4.78, 5) is 10.7. The van der Waals surface area contributed by atoms with Crippen molar-refractivity contribution < 1.29 is 13.9 Å². The van der Waals surface area contributed by atoms with Crippen molar-refractivity contribution in [3.63, 3.8) is 0 Å². The van der Waals surface area contributed by atoms with Crippen molar-refractivity contribution in [1.82, 2.24) is 0 Å². The van der Waals surface area contributed by atoms with Crippen molar-refractivity contribution in [3.8, 4) is 17.9 Å². The zero-order valence-electron chi connectivity index (χ0n) is 9.40. The summed E-state index contributed by atoms with van der Waals surface area (Å²) in [5.74, 6) is -0.967. The van der Waals surface area contributed by atoms with Gasteiger partial charge in [0.1, 0.15) is 29.3 Å². The third-order valence-electron chi connectivity index (χ3n) is 1.81. The number of esters is 1. The summed E-state index contributed by atoms with van der Waals surface area (Å²) in [5.41, 5.74) is -0.205. The van der Waals surface area contributed by atoms with E-state index in [1.54, 1.807) is 12.1 Å². The lowest BCUT2D eigenvalue weighted by Crippen LogP contribution is -2.02. The predicted molar refractivity (Wildman–Crippen MR) is 60.6 cm³/mol. The molecule has 0 aromatic heterocycles. The van der Waals surface area contributed by atoms with Crippen molar-refractivity contribution in [2.24, 2.45) is 0 Å². The summed E-state index contributed by atoms with van der Waals surface area (Å²) in [6.07, 6.45) is 1.07. The fourth-order valence-electron chi connectivity index (χ4n) is 1.08. The van der Waals surface area contributed by atoms with Gasteiger partial charge in [-0.25, -0.2) is 4.39 Å². The van der Waals surface area contributed by atoms with Crippen molar-refractivity contribution in [3.05, 3.63) is 35.8 Å². The number of carbonyl (C=O) groups is 1. The van der Waals surface area contributed by atoms with E-state index < -0.39 is 11.8 Å². The molecular formula is C12H8FN3O2. The molecular weight excluding hydrogens is 237 g/mol. The Labute approximate surface area is 103 Å². The number of halogens is 1. The quantitative estimate of drug-likeness (QED) is 0.500. The Morgan fingerprint density at radius 3 is 2.67 bits per heavy atom. The van der Waals surface area contributed by atoms with Gasteiger partial charge in [-0.2, -0.15) is 10.5 Å². The van der Waals surface area contributed by atoms with Gasteiger partial charge >= 0.3 is 5.97 Å². The molecule has 1 N–H and O–H groups in total. The Hall–Kier alpha value is -2.86. The molecule has 1 rings (SSSR count). The van der Waals surface area contributed by atoms with Crippen LogP contribution in [0.15, 0.2) is 30.0 Å². The van der Waals surface area contributed by atoms with Crippen molar-refractivity contribution >= 4 is 11.7 Å². The van der Waals surface area contributed by atoms with Gasteiger partial charge in [0.2, 0.25) is 0 Å². The SMILES string of the molecule is CC(=O)Oc1ccc(F)c(NC=C(C#N)C#N)c1. The highest BCUT2D eigenvalue weighted by Gasteiger charge is 2.05. The van der Waals surface area contributed by atoms with E-state index in [0.29, 0.717) is 0 Å². The molecule has 0 saturated carbocycles. The van der Waals surface area contributed by atoms with Crippen LogP contribution in [0.1, 0.15) is 6.92 Å². The van der Waals surface area contributed by atoms with E-state index in [-0.39, 0.29) is 17.0 Å². The summed E-state index contributed by atoms with van der Waals surface area (Å²) in [7, 11) is 0. The summed E-state index contributed by atoms with van der Waals surface area (Å²) in [6, 6.07) is 6.88. The third kappa shape index (κ3) is 3.62. The van der Waals surface area contributed by atoms with Gasteiger partial charge in [0, 0.05) is 19.2 Å². The molecule has 0 heterocycles. The van der Waals surface area contributed by atoms with E-state index in [1.165, 1.54) is 19.1 Å². The average molecular weight is 245 g/mol. The van der Waals surface area contributed by atoms with E-state index in [4.69, 9.17) is 15.3 Å². The number of allylic oxidation sites excluding steroid dienone is 1. The minimum atomic E-state index is -0.600. The second-order valence-corrected chi connectivity index (χ2v) is 3.16. The fraction of sp³-hybridized carbons (Fsp3) is 0.0833. The number of nitrogens with zero attached hydrogens (tertiary/aromatic N) is 2. The van der Waals surface area contributed by atoms with Crippen LogP contribution in [-0.2, 0) is 4.79 Å². The van der Waals surface area contributed by atoms with Crippen LogP contribution < -0.4 is 10.1 Å². The molecule has 6 heteroatoms. The highest BCUT2D eigenvalue weighted by Crippen LogP contribution is 2.21. The van der Waals surface area contributed by atoms with Crippen LogP contribution in [0, 0.1) is 28.5 Å². The van der Waals surface area contributed by atoms with Gasteiger partial charge in [-0.05, 0) is 12.1 Å². The molecule has 0 fully saturated rings. The van der Waals surface area contributed by atoms with Crippen molar-refractivity contribution in [2.45, 2.75) is 6.92 Å². The first-order valence-corrected chi connectivity index (χ1v) is 4.81. The second kappa shape index (κ2) is 6.02. The van der Waals surface area contributed by atoms with Gasteiger partial charge in [0.05, 0.1) is 5.69 Å². The normalized spacial score (nSPS) is 8.67. The molecule has 0 radical (unpaired) electrons. The highest BCUT2D eigenvalue weighted by atomic mass is 19.1. The van der Waals surface area contributed by atoms with Crippen molar-refractivity contribution in [2.75, 3.05) is 5.32 Å². The van der Waals surface area contributed by atoms with Gasteiger partial charge in [0.25, 0.3) is 0 Å². The first-order chi connectivity index (χ1) is 8.56. The molecule has 90 valence electrons. The first-order valence-electron chi connectivity index (χ1n) is 4.81. The van der Waals surface area contributed by atoms with Crippen LogP contribution in [0.2, 0.25) is 0 Å². The third-order valence-corrected chi connectivity index (χ3v) is 1.81.